The predicted molar refractivity (Wildman–Crippen MR) is 90.7 cm³/mol. The van der Waals surface area contributed by atoms with E-state index in [1.165, 1.54) is 24.0 Å². The van der Waals surface area contributed by atoms with Gasteiger partial charge in [0.25, 0.3) is 0 Å². The summed E-state index contributed by atoms with van der Waals surface area (Å²) in [6.45, 7) is 0.412. The minimum absolute atomic E-state index is 0.412. The number of fused-ring (bicyclic) bond motifs is 1. The zero-order valence-electron chi connectivity index (χ0n) is 13.6. The minimum atomic E-state index is 0.412. The van der Waals surface area contributed by atoms with Gasteiger partial charge < -0.3 is 9.47 Å². The van der Waals surface area contributed by atoms with Crippen molar-refractivity contribution < 1.29 is 9.47 Å². The van der Waals surface area contributed by atoms with Gasteiger partial charge in [-0.25, -0.2) is 4.68 Å². The lowest BCUT2D eigenvalue weighted by atomic mass is 10.1. The minimum Gasteiger partial charge on any atom is -0.497 e. The van der Waals surface area contributed by atoms with Crippen LogP contribution in [0.25, 0.3) is 5.69 Å². The smallest absolute Gasteiger partial charge is 0.134 e. The molecule has 0 spiro atoms. The Morgan fingerprint density at radius 3 is 2.62 bits per heavy atom. The molecule has 3 aromatic rings. The molecule has 0 bridgehead atoms. The molecule has 5 heteroatoms. The Morgan fingerprint density at radius 1 is 1.00 bits per heavy atom. The maximum absolute atomic E-state index is 5.87. The van der Waals surface area contributed by atoms with Crippen LogP contribution in [0, 0.1) is 0 Å². The molecule has 122 valence electrons. The van der Waals surface area contributed by atoms with Gasteiger partial charge >= 0.3 is 0 Å². The van der Waals surface area contributed by atoms with Crippen molar-refractivity contribution in [2.24, 2.45) is 0 Å². The fraction of sp³-hybridized carbons (Fsp3) is 0.263. The molecule has 0 N–H and O–H groups in total. The first-order chi connectivity index (χ1) is 11.8. The molecule has 24 heavy (non-hydrogen) atoms. The second-order valence-corrected chi connectivity index (χ2v) is 5.93. The van der Waals surface area contributed by atoms with Gasteiger partial charge in [-0.2, -0.15) is 0 Å². The zero-order valence-corrected chi connectivity index (χ0v) is 13.6. The third-order valence-electron chi connectivity index (χ3n) is 4.33. The Morgan fingerprint density at radius 2 is 1.79 bits per heavy atom. The molecular weight excluding hydrogens is 302 g/mol. The summed E-state index contributed by atoms with van der Waals surface area (Å²) in [6.07, 6.45) is 5.47. The number of rotatable bonds is 5. The zero-order chi connectivity index (χ0) is 16.4. The van der Waals surface area contributed by atoms with Crippen molar-refractivity contribution in [1.82, 2.24) is 15.0 Å². The summed E-state index contributed by atoms with van der Waals surface area (Å²) in [5, 5.41) is 8.34. The Bertz CT molecular complexity index is 840. The highest BCUT2D eigenvalue weighted by molar-refractivity contribution is 5.39. The Kier molecular flexibility index (Phi) is 3.91. The quantitative estimate of drug-likeness (QED) is 0.723. The summed E-state index contributed by atoms with van der Waals surface area (Å²) in [4.78, 5) is 0. The molecule has 1 aliphatic carbocycles. The Labute approximate surface area is 140 Å². The van der Waals surface area contributed by atoms with E-state index in [0.717, 1.165) is 29.3 Å². The maximum Gasteiger partial charge on any atom is 0.134 e. The molecule has 0 fully saturated rings. The molecule has 0 unspecified atom stereocenters. The topological polar surface area (TPSA) is 49.2 Å². The van der Waals surface area contributed by atoms with Gasteiger partial charge in [-0.1, -0.05) is 11.3 Å². The highest BCUT2D eigenvalue weighted by Gasteiger charge is 2.11. The van der Waals surface area contributed by atoms with Crippen molar-refractivity contribution in [3.63, 3.8) is 0 Å². The number of nitrogens with zero attached hydrogens (tertiary/aromatic N) is 3. The van der Waals surface area contributed by atoms with Crippen molar-refractivity contribution in [2.45, 2.75) is 25.9 Å². The van der Waals surface area contributed by atoms with E-state index in [1.54, 1.807) is 11.8 Å². The summed E-state index contributed by atoms with van der Waals surface area (Å²) in [5.74, 6) is 1.72. The SMILES string of the molecule is COc1ccc(-n2cc(COc3ccc4c(c3)CCC4)nn2)cc1. The van der Waals surface area contributed by atoms with Crippen LogP contribution < -0.4 is 9.47 Å². The van der Waals surface area contributed by atoms with Crippen LogP contribution in [0.4, 0.5) is 0 Å². The monoisotopic (exact) mass is 321 g/mol. The van der Waals surface area contributed by atoms with Crippen LogP contribution in [0.1, 0.15) is 23.2 Å². The van der Waals surface area contributed by atoms with E-state index in [1.807, 2.05) is 36.5 Å². The van der Waals surface area contributed by atoms with Crippen LogP contribution in [0.5, 0.6) is 11.5 Å². The fourth-order valence-electron chi connectivity index (χ4n) is 3.02. The van der Waals surface area contributed by atoms with Crippen molar-refractivity contribution in [1.29, 1.82) is 0 Å². The Hall–Kier alpha value is -2.82. The number of benzene rings is 2. The van der Waals surface area contributed by atoms with Crippen molar-refractivity contribution in [3.8, 4) is 17.2 Å². The first-order valence-corrected chi connectivity index (χ1v) is 8.12. The molecule has 0 amide bonds. The summed E-state index contributed by atoms with van der Waals surface area (Å²) < 4.78 is 12.8. The lowest BCUT2D eigenvalue weighted by Crippen LogP contribution is -1.97. The van der Waals surface area contributed by atoms with Crippen LogP contribution in [0.3, 0.4) is 0 Å². The van der Waals surface area contributed by atoms with Gasteiger partial charge in [-0.3, -0.25) is 0 Å². The molecule has 1 heterocycles. The molecule has 1 aromatic heterocycles. The van der Waals surface area contributed by atoms with E-state index >= 15 is 0 Å². The highest BCUT2D eigenvalue weighted by Crippen LogP contribution is 2.26. The van der Waals surface area contributed by atoms with E-state index in [9.17, 15) is 0 Å². The fourth-order valence-corrected chi connectivity index (χ4v) is 3.02. The first-order valence-electron chi connectivity index (χ1n) is 8.12. The highest BCUT2D eigenvalue weighted by atomic mass is 16.5. The Balaban J connectivity index is 1.43. The van der Waals surface area contributed by atoms with Crippen LogP contribution in [0.2, 0.25) is 0 Å². The summed E-state index contributed by atoms with van der Waals surface area (Å²) in [7, 11) is 1.65. The molecule has 2 aromatic carbocycles. The number of hydrogen-bond acceptors (Lipinski definition) is 4. The number of aryl methyl sites for hydroxylation is 2. The van der Waals surface area contributed by atoms with E-state index in [-0.39, 0.29) is 0 Å². The molecule has 0 aliphatic heterocycles. The molecule has 4 rings (SSSR count). The lowest BCUT2D eigenvalue weighted by molar-refractivity contribution is 0.301. The maximum atomic E-state index is 5.87. The molecule has 0 radical (unpaired) electrons. The summed E-state index contributed by atoms with van der Waals surface area (Å²) >= 11 is 0. The number of aromatic nitrogens is 3. The third-order valence-corrected chi connectivity index (χ3v) is 4.33. The van der Waals surface area contributed by atoms with Crippen molar-refractivity contribution in [2.75, 3.05) is 7.11 Å². The third kappa shape index (κ3) is 2.97. The van der Waals surface area contributed by atoms with Crippen molar-refractivity contribution in [3.05, 3.63) is 65.5 Å². The van der Waals surface area contributed by atoms with E-state index in [2.05, 4.69) is 22.4 Å². The van der Waals surface area contributed by atoms with Crippen LogP contribution in [-0.4, -0.2) is 22.1 Å². The van der Waals surface area contributed by atoms with Crippen LogP contribution >= 0.6 is 0 Å². The van der Waals surface area contributed by atoms with Gasteiger partial charge in [0.15, 0.2) is 0 Å². The lowest BCUT2D eigenvalue weighted by Gasteiger charge is -2.06. The molecule has 1 aliphatic rings. The summed E-state index contributed by atoms with van der Waals surface area (Å²) in [6, 6.07) is 14.0. The van der Waals surface area contributed by atoms with Gasteiger partial charge in [-0.05, 0) is 66.8 Å². The van der Waals surface area contributed by atoms with Gasteiger partial charge in [0.2, 0.25) is 0 Å². The molecular formula is C19H19N3O2. The van der Waals surface area contributed by atoms with Crippen molar-refractivity contribution >= 4 is 0 Å². The average Bonchev–Trinajstić information content (AvgIpc) is 3.29. The first kappa shape index (κ1) is 14.8. The average molecular weight is 321 g/mol. The second-order valence-electron chi connectivity index (χ2n) is 5.93. The van der Waals surface area contributed by atoms with Crippen LogP contribution in [0.15, 0.2) is 48.7 Å². The molecule has 0 saturated carbocycles. The number of hydrogen-bond donors (Lipinski definition) is 0. The van der Waals surface area contributed by atoms with Gasteiger partial charge in [0.05, 0.1) is 19.0 Å². The molecule has 5 nitrogen and oxygen atoms in total. The number of ether oxygens (including phenoxy) is 2. The standard InChI is InChI=1S/C19H19N3O2/c1-23-18-9-6-17(7-10-18)22-12-16(20-21-22)13-24-19-8-5-14-3-2-4-15(14)11-19/h5-12H,2-4,13H2,1H3. The second kappa shape index (κ2) is 6.35. The van der Waals surface area contributed by atoms with Gasteiger partial charge in [-0.15, -0.1) is 5.10 Å². The summed E-state index contributed by atoms with van der Waals surface area (Å²) in [5.41, 5.74) is 4.60. The predicted octanol–water partition coefficient (Wildman–Crippen LogP) is 3.34. The number of methoxy groups -OCH3 is 1. The van der Waals surface area contributed by atoms with Gasteiger partial charge in [0, 0.05) is 0 Å². The largest absolute Gasteiger partial charge is 0.497 e. The van der Waals surface area contributed by atoms with E-state index in [4.69, 9.17) is 9.47 Å². The molecule has 0 atom stereocenters. The van der Waals surface area contributed by atoms with E-state index < -0.39 is 0 Å². The normalized spacial score (nSPS) is 12.9. The van der Waals surface area contributed by atoms with Gasteiger partial charge in [0.1, 0.15) is 23.8 Å². The molecule has 0 saturated heterocycles. The van der Waals surface area contributed by atoms with E-state index in [0.29, 0.717) is 6.61 Å². The van der Waals surface area contributed by atoms with Crippen LogP contribution in [-0.2, 0) is 19.4 Å².